The summed E-state index contributed by atoms with van der Waals surface area (Å²) in [6.07, 6.45) is 1.38. The minimum Gasteiger partial charge on any atom is -0.484 e. The van der Waals surface area contributed by atoms with Crippen molar-refractivity contribution in [3.05, 3.63) is 95.1 Å². The highest BCUT2D eigenvalue weighted by Crippen LogP contribution is 2.15. The number of benzene rings is 3. The maximum absolute atomic E-state index is 12.2. The van der Waals surface area contributed by atoms with Crippen molar-refractivity contribution in [2.75, 3.05) is 11.9 Å². The Balaban J connectivity index is 1.44. The van der Waals surface area contributed by atoms with Gasteiger partial charge in [0.2, 0.25) is 0 Å². The quantitative estimate of drug-likeness (QED) is 0.274. The highest BCUT2D eigenvalue weighted by Gasteiger charge is 2.11. The minimum atomic E-state index is -0.873. The molecule has 8 nitrogen and oxygen atoms in total. The lowest BCUT2D eigenvalue weighted by Crippen LogP contribution is -2.37. The molecule has 0 radical (unpaired) electrons. The smallest absolute Gasteiger partial charge is 0.329 e. The van der Waals surface area contributed by atoms with Gasteiger partial charge in [0.25, 0.3) is 5.91 Å². The third kappa shape index (κ3) is 7.59. The molecule has 8 heteroatoms. The molecule has 0 bridgehead atoms. The molecule has 0 saturated carbocycles. The van der Waals surface area contributed by atoms with Crippen LogP contribution in [0.3, 0.4) is 0 Å². The van der Waals surface area contributed by atoms with E-state index in [1.54, 1.807) is 24.3 Å². The minimum absolute atomic E-state index is 0.161. The predicted molar refractivity (Wildman–Crippen MR) is 131 cm³/mol. The van der Waals surface area contributed by atoms with Crippen molar-refractivity contribution in [2.45, 2.75) is 20.4 Å². The molecular formula is C26H26N4O4. The normalized spacial score (nSPS) is 10.5. The van der Waals surface area contributed by atoms with E-state index in [1.165, 1.54) is 6.21 Å². The fourth-order valence-corrected chi connectivity index (χ4v) is 2.92. The van der Waals surface area contributed by atoms with Crippen molar-refractivity contribution in [3.63, 3.8) is 0 Å². The van der Waals surface area contributed by atoms with Crippen LogP contribution >= 0.6 is 0 Å². The molecule has 174 valence electrons. The summed E-state index contributed by atoms with van der Waals surface area (Å²) in [6, 6.07) is 21.8. The average Bonchev–Trinajstić information content (AvgIpc) is 2.84. The molecule has 0 fully saturated rings. The molecule has 3 N–H and O–H groups in total. The first-order valence-electron chi connectivity index (χ1n) is 10.7. The zero-order chi connectivity index (χ0) is 24.3. The number of hydrogen-bond donors (Lipinski definition) is 3. The van der Waals surface area contributed by atoms with Crippen molar-refractivity contribution in [1.29, 1.82) is 0 Å². The Labute approximate surface area is 198 Å². The monoisotopic (exact) mass is 458 g/mol. The number of carbonyl (C=O) groups excluding carboxylic acids is 3. The Morgan fingerprint density at radius 3 is 2.44 bits per heavy atom. The van der Waals surface area contributed by atoms with Gasteiger partial charge in [-0.15, -0.1) is 0 Å². The second kappa shape index (κ2) is 12.0. The second-order valence-electron chi connectivity index (χ2n) is 7.58. The van der Waals surface area contributed by atoms with Crippen LogP contribution in [0, 0.1) is 13.8 Å². The predicted octanol–water partition coefficient (Wildman–Crippen LogP) is 3.09. The van der Waals surface area contributed by atoms with Gasteiger partial charge in [-0.25, -0.2) is 5.43 Å². The van der Waals surface area contributed by atoms with Gasteiger partial charge in [-0.2, -0.15) is 5.10 Å². The molecule has 0 atom stereocenters. The lowest BCUT2D eigenvalue weighted by atomic mass is 10.1. The topological polar surface area (TPSA) is 109 Å². The Kier molecular flexibility index (Phi) is 8.51. The second-order valence-corrected chi connectivity index (χ2v) is 7.58. The summed E-state index contributed by atoms with van der Waals surface area (Å²) in [5, 5.41) is 9.13. The van der Waals surface area contributed by atoms with Gasteiger partial charge in [0.05, 0.1) is 6.21 Å². The van der Waals surface area contributed by atoms with E-state index in [0.717, 1.165) is 16.7 Å². The molecule has 0 aliphatic carbocycles. The van der Waals surface area contributed by atoms with Gasteiger partial charge in [0.15, 0.2) is 6.61 Å². The molecule has 3 aromatic rings. The molecule has 34 heavy (non-hydrogen) atoms. The molecule has 0 spiro atoms. The van der Waals surface area contributed by atoms with E-state index in [0.29, 0.717) is 17.0 Å². The molecule has 3 amide bonds. The molecule has 0 aliphatic heterocycles. The Morgan fingerprint density at radius 2 is 1.68 bits per heavy atom. The van der Waals surface area contributed by atoms with Gasteiger partial charge in [-0.05, 0) is 60.4 Å². The Hall–Kier alpha value is -4.46. The van der Waals surface area contributed by atoms with Crippen molar-refractivity contribution in [2.24, 2.45) is 5.10 Å². The molecule has 0 heterocycles. The number of hydrogen-bond acceptors (Lipinski definition) is 5. The summed E-state index contributed by atoms with van der Waals surface area (Å²) in [5.41, 5.74) is 6.64. The van der Waals surface area contributed by atoms with Crippen molar-refractivity contribution in [1.82, 2.24) is 10.7 Å². The van der Waals surface area contributed by atoms with Gasteiger partial charge in [0.1, 0.15) is 5.75 Å². The number of nitrogens with one attached hydrogen (secondary N) is 3. The summed E-state index contributed by atoms with van der Waals surface area (Å²) in [4.78, 5) is 35.9. The molecule has 0 aliphatic rings. The van der Waals surface area contributed by atoms with Crippen LogP contribution in [-0.2, 0) is 20.9 Å². The first-order chi connectivity index (χ1) is 16.4. The Morgan fingerprint density at radius 1 is 0.882 bits per heavy atom. The molecular weight excluding hydrogens is 432 g/mol. The maximum atomic E-state index is 12.2. The van der Waals surface area contributed by atoms with E-state index in [2.05, 4.69) is 21.2 Å². The molecule has 3 aromatic carbocycles. The van der Waals surface area contributed by atoms with Gasteiger partial charge < -0.3 is 15.4 Å². The highest BCUT2D eigenvalue weighted by atomic mass is 16.5. The summed E-state index contributed by atoms with van der Waals surface area (Å²) >= 11 is 0. The van der Waals surface area contributed by atoms with Gasteiger partial charge in [-0.3, -0.25) is 14.4 Å². The van der Waals surface area contributed by atoms with E-state index in [9.17, 15) is 14.4 Å². The van der Waals surface area contributed by atoms with Crippen LogP contribution in [0.1, 0.15) is 22.3 Å². The standard InChI is InChI=1S/C26H26N4O4/c1-18-11-12-22(13-19(18)2)29-24(31)17-34-23-10-6-9-21(14-23)16-28-30-26(33)25(32)27-15-20-7-4-3-5-8-20/h3-14,16H,15,17H2,1-2H3,(H,27,32)(H,29,31)(H,30,33)/b28-16-. The lowest BCUT2D eigenvalue weighted by Gasteiger charge is -2.09. The number of nitrogens with zero attached hydrogens (tertiary/aromatic N) is 1. The van der Waals surface area contributed by atoms with E-state index in [4.69, 9.17) is 4.74 Å². The molecule has 0 aromatic heterocycles. The van der Waals surface area contributed by atoms with Crippen LogP contribution in [0.15, 0.2) is 77.9 Å². The summed E-state index contributed by atoms with van der Waals surface area (Å²) in [6.45, 7) is 4.07. The zero-order valence-electron chi connectivity index (χ0n) is 19.0. The van der Waals surface area contributed by atoms with Gasteiger partial charge in [0, 0.05) is 12.2 Å². The van der Waals surface area contributed by atoms with Crippen LogP contribution in [0.2, 0.25) is 0 Å². The SMILES string of the molecule is Cc1ccc(NC(=O)COc2cccc(/C=N\NC(=O)C(=O)NCc3ccccc3)c2)cc1C. The van der Waals surface area contributed by atoms with E-state index >= 15 is 0 Å². The van der Waals surface area contributed by atoms with Gasteiger partial charge in [-0.1, -0.05) is 48.5 Å². The van der Waals surface area contributed by atoms with Crippen molar-refractivity contribution in [3.8, 4) is 5.75 Å². The number of carbonyl (C=O) groups is 3. The summed E-state index contributed by atoms with van der Waals surface area (Å²) in [5.74, 6) is -1.47. The van der Waals surface area contributed by atoms with Gasteiger partial charge >= 0.3 is 11.8 Å². The number of amides is 3. The third-order valence-corrected chi connectivity index (χ3v) is 4.90. The van der Waals surface area contributed by atoms with Crippen LogP contribution in [-0.4, -0.2) is 30.5 Å². The van der Waals surface area contributed by atoms with Crippen molar-refractivity contribution >= 4 is 29.6 Å². The fraction of sp³-hybridized carbons (Fsp3) is 0.154. The summed E-state index contributed by atoms with van der Waals surface area (Å²) < 4.78 is 5.55. The van der Waals surface area contributed by atoms with Crippen LogP contribution in [0.5, 0.6) is 5.75 Å². The van der Waals surface area contributed by atoms with Crippen LogP contribution in [0.4, 0.5) is 5.69 Å². The highest BCUT2D eigenvalue weighted by molar-refractivity contribution is 6.35. The summed E-state index contributed by atoms with van der Waals surface area (Å²) in [7, 11) is 0. The van der Waals surface area contributed by atoms with Crippen LogP contribution in [0.25, 0.3) is 0 Å². The fourth-order valence-electron chi connectivity index (χ4n) is 2.92. The molecule has 0 unspecified atom stereocenters. The average molecular weight is 459 g/mol. The Bertz CT molecular complexity index is 1190. The van der Waals surface area contributed by atoms with E-state index in [1.807, 2.05) is 62.4 Å². The number of ether oxygens (including phenoxy) is 1. The first kappa shape index (κ1) is 24.2. The van der Waals surface area contributed by atoms with Crippen molar-refractivity contribution < 1.29 is 19.1 Å². The van der Waals surface area contributed by atoms with Crippen LogP contribution < -0.4 is 20.8 Å². The van der Waals surface area contributed by atoms with E-state index in [-0.39, 0.29) is 19.1 Å². The van der Waals surface area contributed by atoms with E-state index < -0.39 is 11.8 Å². The lowest BCUT2D eigenvalue weighted by molar-refractivity contribution is -0.139. The molecule has 3 rings (SSSR count). The number of aryl methyl sites for hydroxylation is 2. The third-order valence-electron chi connectivity index (χ3n) is 4.90. The number of hydrazone groups is 1. The number of rotatable bonds is 8. The maximum Gasteiger partial charge on any atom is 0.329 e. The first-order valence-corrected chi connectivity index (χ1v) is 10.7. The molecule has 0 saturated heterocycles. The number of anilines is 1. The largest absolute Gasteiger partial charge is 0.484 e. The zero-order valence-corrected chi connectivity index (χ0v) is 19.0.